The Hall–Kier alpha value is -2.41. The minimum Gasteiger partial charge on any atom is -0.464 e. The van der Waals surface area contributed by atoms with Crippen LogP contribution in [0.15, 0.2) is 17.5 Å². The van der Waals surface area contributed by atoms with E-state index in [0.717, 1.165) is 12.8 Å². The number of aromatic amines is 1. The molecule has 0 unspecified atom stereocenters. The highest BCUT2D eigenvalue weighted by atomic mass is 32.1. The molecule has 0 bridgehead atoms. The zero-order valence-electron chi connectivity index (χ0n) is 16.0. The lowest BCUT2D eigenvalue weighted by atomic mass is 9.99. The molecule has 7 heteroatoms. The number of nitrogens with one attached hydrogen (secondary N) is 1. The standard InChI is InChI=1S/C20H24N2O4S/c1-11-16(12(2)21-17(11)20(25)26-4)18(23)13(3)22(10-14-7-8-14)19(24)15-6-5-9-27-15/h5-6,9,13-14,21H,7-8,10H2,1-4H3/t13-/m1/s1. The summed E-state index contributed by atoms with van der Waals surface area (Å²) >= 11 is 1.38. The number of methoxy groups -OCH3 is 1. The van der Waals surface area contributed by atoms with Gasteiger partial charge in [0, 0.05) is 17.8 Å². The number of hydrogen-bond donors (Lipinski definition) is 1. The van der Waals surface area contributed by atoms with Crippen molar-refractivity contribution in [1.82, 2.24) is 9.88 Å². The maximum Gasteiger partial charge on any atom is 0.354 e. The molecule has 0 aliphatic heterocycles. The van der Waals surface area contributed by atoms with Gasteiger partial charge in [-0.25, -0.2) is 4.79 Å². The number of ketones is 1. The van der Waals surface area contributed by atoms with Crippen LogP contribution in [0, 0.1) is 19.8 Å². The number of amides is 1. The van der Waals surface area contributed by atoms with Crippen LogP contribution in [0.1, 0.15) is 61.5 Å². The summed E-state index contributed by atoms with van der Waals surface area (Å²) in [4.78, 5) is 43.4. The molecule has 0 spiro atoms. The average molecular weight is 388 g/mol. The van der Waals surface area contributed by atoms with Gasteiger partial charge in [-0.05, 0) is 56.5 Å². The van der Waals surface area contributed by atoms with Crippen LogP contribution in [0.4, 0.5) is 0 Å². The largest absolute Gasteiger partial charge is 0.464 e. The van der Waals surface area contributed by atoms with Gasteiger partial charge in [-0.15, -0.1) is 11.3 Å². The molecular weight excluding hydrogens is 364 g/mol. The number of ether oxygens (including phenoxy) is 1. The highest BCUT2D eigenvalue weighted by Gasteiger charge is 2.35. The minimum atomic E-state index is -0.612. The van der Waals surface area contributed by atoms with Gasteiger partial charge in [0.1, 0.15) is 5.69 Å². The van der Waals surface area contributed by atoms with Crippen molar-refractivity contribution in [2.24, 2.45) is 5.92 Å². The quantitative estimate of drug-likeness (QED) is 0.580. The molecule has 27 heavy (non-hydrogen) atoms. The van der Waals surface area contributed by atoms with E-state index in [1.165, 1.54) is 18.4 Å². The number of thiophene rings is 1. The molecule has 1 fully saturated rings. The second kappa shape index (κ2) is 7.68. The van der Waals surface area contributed by atoms with Crippen molar-refractivity contribution in [3.8, 4) is 0 Å². The Balaban J connectivity index is 1.91. The van der Waals surface area contributed by atoms with Crippen molar-refractivity contribution in [2.45, 2.75) is 39.7 Å². The topological polar surface area (TPSA) is 79.5 Å². The maximum atomic E-state index is 13.3. The molecule has 1 saturated carbocycles. The van der Waals surface area contributed by atoms with Gasteiger partial charge in [0.2, 0.25) is 0 Å². The molecule has 3 rings (SSSR count). The molecule has 0 radical (unpaired) electrons. The van der Waals surface area contributed by atoms with Crippen LogP contribution in [0.2, 0.25) is 0 Å². The lowest BCUT2D eigenvalue weighted by molar-refractivity contribution is 0.0592. The van der Waals surface area contributed by atoms with Crippen LogP contribution in [-0.4, -0.2) is 47.2 Å². The average Bonchev–Trinajstić information content (AvgIpc) is 3.20. The molecule has 0 aromatic carbocycles. The predicted molar refractivity (Wildman–Crippen MR) is 103 cm³/mol. The molecule has 1 amide bonds. The Morgan fingerprint density at radius 3 is 2.59 bits per heavy atom. The number of aryl methyl sites for hydroxylation is 1. The van der Waals surface area contributed by atoms with E-state index < -0.39 is 12.0 Å². The van der Waals surface area contributed by atoms with Gasteiger partial charge >= 0.3 is 5.97 Å². The van der Waals surface area contributed by atoms with Crippen LogP contribution < -0.4 is 0 Å². The molecule has 1 N–H and O–H groups in total. The molecule has 2 aromatic rings. The van der Waals surface area contributed by atoms with E-state index in [2.05, 4.69) is 4.98 Å². The van der Waals surface area contributed by atoms with Crippen molar-refractivity contribution in [2.75, 3.05) is 13.7 Å². The molecule has 1 aliphatic rings. The Labute approximate surface area is 162 Å². The first-order chi connectivity index (χ1) is 12.8. The fourth-order valence-electron chi connectivity index (χ4n) is 3.31. The predicted octanol–water partition coefficient (Wildman–Crippen LogP) is 3.60. The van der Waals surface area contributed by atoms with Crippen molar-refractivity contribution in [3.05, 3.63) is 44.9 Å². The molecule has 2 heterocycles. The van der Waals surface area contributed by atoms with E-state index in [1.54, 1.807) is 31.7 Å². The second-order valence-electron chi connectivity index (χ2n) is 7.03. The van der Waals surface area contributed by atoms with Crippen molar-refractivity contribution >= 4 is 29.0 Å². The second-order valence-corrected chi connectivity index (χ2v) is 7.98. The van der Waals surface area contributed by atoms with Crippen LogP contribution in [0.25, 0.3) is 0 Å². The normalized spacial score (nSPS) is 14.7. The van der Waals surface area contributed by atoms with Gasteiger partial charge in [0.25, 0.3) is 5.91 Å². The summed E-state index contributed by atoms with van der Waals surface area (Å²) in [6.07, 6.45) is 2.17. The van der Waals surface area contributed by atoms with Crippen LogP contribution >= 0.6 is 11.3 Å². The molecular formula is C20H24N2O4S. The van der Waals surface area contributed by atoms with Crippen molar-refractivity contribution in [3.63, 3.8) is 0 Å². The number of esters is 1. The molecule has 1 aliphatic carbocycles. The Bertz CT molecular complexity index is 865. The number of rotatable bonds is 7. The first kappa shape index (κ1) is 19.4. The van der Waals surface area contributed by atoms with E-state index in [-0.39, 0.29) is 17.4 Å². The van der Waals surface area contributed by atoms with Crippen molar-refractivity contribution < 1.29 is 19.1 Å². The zero-order valence-corrected chi connectivity index (χ0v) is 16.8. The first-order valence-corrected chi connectivity index (χ1v) is 9.89. The van der Waals surface area contributed by atoms with Crippen LogP contribution in [0.3, 0.4) is 0 Å². The fourth-order valence-corrected chi connectivity index (χ4v) is 3.99. The zero-order chi connectivity index (χ0) is 19.7. The lowest BCUT2D eigenvalue weighted by Crippen LogP contribution is -2.44. The number of aromatic nitrogens is 1. The van der Waals surface area contributed by atoms with Crippen LogP contribution in [-0.2, 0) is 4.74 Å². The third-order valence-corrected chi connectivity index (χ3v) is 5.92. The smallest absolute Gasteiger partial charge is 0.354 e. The highest BCUT2D eigenvalue weighted by Crippen LogP contribution is 2.32. The van der Waals surface area contributed by atoms with E-state index in [0.29, 0.717) is 34.2 Å². The summed E-state index contributed by atoms with van der Waals surface area (Å²) in [5, 5.41) is 1.86. The Morgan fingerprint density at radius 1 is 1.33 bits per heavy atom. The number of hydrogen-bond acceptors (Lipinski definition) is 5. The number of H-pyrrole nitrogens is 1. The molecule has 0 saturated heterocycles. The van der Waals surface area contributed by atoms with Gasteiger partial charge in [-0.1, -0.05) is 6.07 Å². The summed E-state index contributed by atoms with van der Waals surface area (Å²) in [5.41, 5.74) is 1.91. The number of nitrogens with zero attached hydrogens (tertiary/aromatic N) is 1. The molecule has 1 atom stereocenters. The minimum absolute atomic E-state index is 0.114. The van der Waals surface area contributed by atoms with E-state index in [1.807, 2.05) is 11.4 Å². The van der Waals surface area contributed by atoms with E-state index in [9.17, 15) is 14.4 Å². The number of carbonyl (C=O) groups excluding carboxylic acids is 3. The van der Waals surface area contributed by atoms with Gasteiger partial charge in [-0.3, -0.25) is 9.59 Å². The first-order valence-electron chi connectivity index (χ1n) is 9.01. The third-order valence-electron chi connectivity index (χ3n) is 5.07. The SMILES string of the molecule is COC(=O)c1[nH]c(C)c(C(=O)[C@@H](C)N(CC2CC2)C(=O)c2cccs2)c1C. The van der Waals surface area contributed by atoms with Gasteiger partial charge in [0.05, 0.1) is 18.0 Å². The third kappa shape index (κ3) is 3.83. The Morgan fingerprint density at radius 2 is 2.04 bits per heavy atom. The highest BCUT2D eigenvalue weighted by molar-refractivity contribution is 7.12. The van der Waals surface area contributed by atoms with Gasteiger partial charge in [-0.2, -0.15) is 0 Å². The summed E-state index contributed by atoms with van der Waals surface area (Å²) in [5.74, 6) is -0.325. The summed E-state index contributed by atoms with van der Waals surface area (Å²) < 4.78 is 4.78. The summed E-state index contributed by atoms with van der Waals surface area (Å²) in [7, 11) is 1.30. The van der Waals surface area contributed by atoms with Gasteiger partial charge in [0.15, 0.2) is 5.78 Å². The number of carbonyl (C=O) groups is 3. The lowest BCUT2D eigenvalue weighted by Gasteiger charge is -2.28. The Kier molecular flexibility index (Phi) is 5.51. The summed E-state index contributed by atoms with van der Waals surface area (Å²) in [6, 6.07) is 3.01. The summed E-state index contributed by atoms with van der Waals surface area (Å²) in [6.45, 7) is 5.82. The fraction of sp³-hybridized carbons (Fsp3) is 0.450. The molecule has 6 nitrogen and oxygen atoms in total. The molecule has 2 aromatic heterocycles. The number of Topliss-reactive ketones (excluding diaryl/α,β-unsaturated/α-hetero) is 1. The van der Waals surface area contributed by atoms with Crippen molar-refractivity contribution in [1.29, 1.82) is 0 Å². The van der Waals surface area contributed by atoms with E-state index >= 15 is 0 Å². The maximum absolute atomic E-state index is 13.3. The molecule has 144 valence electrons. The monoisotopic (exact) mass is 388 g/mol. The van der Waals surface area contributed by atoms with Gasteiger partial charge < -0.3 is 14.6 Å². The van der Waals surface area contributed by atoms with Crippen LogP contribution in [0.5, 0.6) is 0 Å². The van der Waals surface area contributed by atoms with E-state index in [4.69, 9.17) is 4.74 Å².